The van der Waals surface area contributed by atoms with Crippen LogP contribution in [-0.2, 0) is 0 Å². The molecule has 18 heavy (non-hydrogen) atoms. The standard InChI is InChI=1S/C12H16BrN5/c13-10-6-16-12(17-7-10)18-5-1-2-9(8-18)11-14-3-4-15-11/h6-7,9H,1-5,8H2,(H,14,15). The predicted molar refractivity (Wildman–Crippen MR) is 75.0 cm³/mol. The molecule has 1 aromatic heterocycles. The third-order valence-electron chi connectivity index (χ3n) is 3.40. The van der Waals surface area contributed by atoms with Gasteiger partial charge >= 0.3 is 0 Å². The molecule has 0 saturated carbocycles. The zero-order chi connectivity index (χ0) is 12.4. The predicted octanol–water partition coefficient (Wildman–Crippen LogP) is 1.46. The molecule has 2 aliphatic heterocycles. The van der Waals surface area contributed by atoms with Crippen LogP contribution in [0.3, 0.4) is 0 Å². The fourth-order valence-electron chi connectivity index (χ4n) is 2.54. The minimum atomic E-state index is 0.508. The highest BCUT2D eigenvalue weighted by atomic mass is 79.9. The summed E-state index contributed by atoms with van der Waals surface area (Å²) in [6, 6.07) is 0. The van der Waals surface area contributed by atoms with Crippen molar-refractivity contribution < 1.29 is 0 Å². The first-order chi connectivity index (χ1) is 8.83. The van der Waals surface area contributed by atoms with Gasteiger partial charge in [-0.15, -0.1) is 0 Å². The number of hydrogen-bond donors (Lipinski definition) is 1. The average molecular weight is 310 g/mol. The van der Waals surface area contributed by atoms with Gasteiger partial charge < -0.3 is 10.2 Å². The Kier molecular flexibility index (Phi) is 3.45. The van der Waals surface area contributed by atoms with Gasteiger partial charge in [0.25, 0.3) is 0 Å². The van der Waals surface area contributed by atoms with Crippen molar-refractivity contribution in [3.63, 3.8) is 0 Å². The summed E-state index contributed by atoms with van der Waals surface area (Å²) in [7, 11) is 0. The van der Waals surface area contributed by atoms with E-state index in [9.17, 15) is 0 Å². The summed E-state index contributed by atoms with van der Waals surface area (Å²) < 4.78 is 0.918. The molecule has 0 bridgehead atoms. The van der Waals surface area contributed by atoms with Crippen molar-refractivity contribution in [2.45, 2.75) is 12.8 Å². The summed E-state index contributed by atoms with van der Waals surface area (Å²) in [4.78, 5) is 15.5. The Bertz CT molecular complexity index is 444. The molecule has 1 atom stereocenters. The highest BCUT2D eigenvalue weighted by molar-refractivity contribution is 9.10. The number of hydrogen-bond acceptors (Lipinski definition) is 5. The van der Waals surface area contributed by atoms with Crippen molar-refractivity contribution in [3.8, 4) is 0 Å². The average Bonchev–Trinajstić information content (AvgIpc) is 2.94. The van der Waals surface area contributed by atoms with E-state index < -0.39 is 0 Å². The molecule has 1 saturated heterocycles. The molecule has 0 radical (unpaired) electrons. The van der Waals surface area contributed by atoms with Gasteiger partial charge in [-0.3, -0.25) is 4.99 Å². The minimum Gasteiger partial charge on any atom is -0.372 e. The van der Waals surface area contributed by atoms with Crippen molar-refractivity contribution in [1.29, 1.82) is 0 Å². The Balaban J connectivity index is 1.71. The number of nitrogens with one attached hydrogen (secondary N) is 1. The van der Waals surface area contributed by atoms with Crippen molar-refractivity contribution in [2.24, 2.45) is 10.9 Å². The van der Waals surface area contributed by atoms with E-state index in [1.165, 1.54) is 18.7 Å². The van der Waals surface area contributed by atoms with E-state index in [0.717, 1.165) is 36.6 Å². The number of nitrogens with zero attached hydrogens (tertiary/aromatic N) is 4. The van der Waals surface area contributed by atoms with Crippen molar-refractivity contribution in [3.05, 3.63) is 16.9 Å². The molecule has 1 aromatic rings. The van der Waals surface area contributed by atoms with Gasteiger partial charge in [0.15, 0.2) is 0 Å². The molecule has 0 spiro atoms. The topological polar surface area (TPSA) is 53.4 Å². The summed E-state index contributed by atoms with van der Waals surface area (Å²) in [5, 5.41) is 3.38. The van der Waals surface area contributed by atoms with Crippen molar-refractivity contribution in [1.82, 2.24) is 15.3 Å². The number of piperidine rings is 1. The van der Waals surface area contributed by atoms with Crippen LogP contribution in [0.1, 0.15) is 12.8 Å². The quantitative estimate of drug-likeness (QED) is 0.898. The van der Waals surface area contributed by atoms with Gasteiger partial charge in [0.1, 0.15) is 5.84 Å². The van der Waals surface area contributed by atoms with Crippen LogP contribution >= 0.6 is 15.9 Å². The normalized spacial score (nSPS) is 23.7. The SMILES string of the molecule is Brc1cnc(N2CCCC(C3=NCCN3)C2)nc1. The second-order valence-electron chi connectivity index (χ2n) is 4.68. The maximum Gasteiger partial charge on any atom is 0.225 e. The summed E-state index contributed by atoms with van der Waals surface area (Å²) in [6.07, 6.45) is 5.98. The van der Waals surface area contributed by atoms with E-state index in [1.807, 2.05) is 0 Å². The van der Waals surface area contributed by atoms with Gasteiger partial charge in [-0.05, 0) is 28.8 Å². The molecular formula is C12H16BrN5. The van der Waals surface area contributed by atoms with Crippen LogP contribution in [0.25, 0.3) is 0 Å². The second-order valence-corrected chi connectivity index (χ2v) is 5.60. The summed E-state index contributed by atoms with van der Waals surface area (Å²) in [6.45, 7) is 3.90. The van der Waals surface area contributed by atoms with Crippen LogP contribution in [0.15, 0.2) is 21.9 Å². The molecule has 1 N–H and O–H groups in total. The van der Waals surface area contributed by atoms with Crippen LogP contribution < -0.4 is 10.2 Å². The number of amidine groups is 1. The first-order valence-corrected chi connectivity index (χ1v) is 7.13. The zero-order valence-electron chi connectivity index (χ0n) is 10.1. The van der Waals surface area contributed by atoms with Crippen LogP contribution in [0.2, 0.25) is 0 Å². The van der Waals surface area contributed by atoms with Crippen LogP contribution in [0.4, 0.5) is 5.95 Å². The lowest BCUT2D eigenvalue weighted by molar-refractivity contribution is 0.494. The molecule has 1 unspecified atom stereocenters. The number of halogens is 1. The lowest BCUT2D eigenvalue weighted by atomic mass is 9.97. The van der Waals surface area contributed by atoms with Crippen LogP contribution in [0.5, 0.6) is 0 Å². The number of aromatic nitrogens is 2. The third kappa shape index (κ3) is 2.48. The fourth-order valence-corrected chi connectivity index (χ4v) is 2.75. The first kappa shape index (κ1) is 11.9. The smallest absolute Gasteiger partial charge is 0.225 e. The maximum atomic E-state index is 4.53. The monoisotopic (exact) mass is 309 g/mol. The molecule has 3 heterocycles. The Labute approximate surface area is 115 Å². The molecule has 0 amide bonds. The highest BCUT2D eigenvalue weighted by Gasteiger charge is 2.26. The van der Waals surface area contributed by atoms with Gasteiger partial charge in [-0.25, -0.2) is 9.97 Å². The molecule has 0 aromatic carbocycles. The number of anilines is 1. The van der Waals surface area contributed by atoms with Gasteiger partial charge in [0, 0.05) is 37.9 Å². The third-order valence-corrected chi connectivity index (χ3v) is 3.81. The molecule has 96 valence electrons. The first-order valence-electron chi connectivity index (χ1n) is 6.33. The molecule has 3 rings (SSSR count). The van der Waals surface area contributed by atoms with Crippen LogP contribution in [0, 0.1) is 5.92 Å². The molecule has 0 aliphatic carbocycles. The molecule has 1 fully saturated rings. The Morgan fingerprint density at radius 3 is 2.89 bits per heavy atom. The molecule has 6 heteroatoms. The fraction of sp³-hybridized carbons (Fsp3) is 0.583. The zero-order valence-corrected chi connectivity index (χ0v) is 11.7. The largest absolute Gasteiger partial charge is 0.372 e. The number of aliphatic imine (C=N–C) groups is 1. The maximum absolute atomic E-state index is 4.53. The summed E-state index contributed by atoms with van der Waals surface area (Å²) in [5.74, 6) is 2.51. The summed E-state index contributed by atoms with van der Waals surface area (Å²) in [5.41, 5.74) is 0. The van der Waals surface area contributed by atoms with E-state index in [4.69, 9.17) is 0 Å². The van der Waals surface area contributed by atoms with E-state index in [-0.39, 0.29) is 0 Å². The summed E-state index contributed by atoms with van der Waals surface area (Å²) >= 11 is 3.36. The Morgan fingerprint density at radius 1 is 1.33 bits per heavy atom. The molecule has 2 aliphatic rings. The Hall–Kier alpha value is -1.17. The van der Waals surface area contributed by atoms with E-state index in [1.54, 1.807) is 12.4 Å². The van der Waals surface area contributed by atoms with Crippen molar-refractivity contribution in [2.75, 3.05) is 31.1 Å². The lowest BCUT2D eigenvalue weighted by Gasteiger charge is -2.32. The lowest BCUT2D eigenvalue weighted by Crippen LogP contribution is -2.42. The number of rotatable bonds is 2. The second kappa shape index (κ2) is 5.22. The van der Waals surface area contributed by atoms with Gasteiger partial charge in [-0.1, -0.05) is 0 Å². The highest BCUT2D eigenvalue weighted by Crippen LogP contribution is 2.22. The van der Waals surface area contributed by atoms with Gasteiger partial charge in [0.05, 0.1) is 11.0 Å². The van der Waals surface area contributed by atoms with Gasteiger partial charge in [0.2, 0.25) is 5.95 Å². The molecular weight excluding hydrogens is 294 g/mol. The Morgan fingerprint density at radius 2 is 2.17 bits per heavy atom. The van der Waals surface area contributed by atoms with Crippen molar-refractivity contribution >= 4 is 27.7 Å². The van der Waals surface area contributed by atoms with E-state index in [0.29, 0.717) is 5.92 Å². The van der Waals surface area contributed by atoms with E-state index >= 15 is 0 Å². The van der Waals surface area contributed by atoms with E-state index in [2.05, 4.69) is 41.1 Å². The van der Waals surface area contributed by atoms with Crippen LogP contribution in [-0.4, -0.2) is 42.0 Å². The minimum absolute atomic E-state index is 0.508. The molecule has 5 nitrogen and oxygen atoms in total. The van der Waals surface area contributed by atoms with Gasteiger partial charge in [-0.2, -0.15) is 0 Å².